The van der Waals surface area contributed by atoms with Crippen LogP contribution >= 0.6 is 0 Å². The highest BCUT2D eigenvalue weighted by Gasteiger charge is 2.33. The molecule has 1 aliphatic heterocycles. The summed E-state index contributed by atoms with van der Waals surface area (Å²) in [5, 5.41) is 2.93. The molecular weight excluding hydrogens is 416 g/mol. The van der Waals surface area contributed by atoms with Crippen LogP contribution in [0.3, 0.4) is 0 Å². The van der Waals surface area contributed by atoms with Crippen molar-refractivity contribution in [3.8, 4) is 0 Å². The first kappa shape index (κ1) is 23.7. The summed E-state index contributed by atoms with van der Waals surface area (Å²) >= 11 is 0. The number of esters is 1. The minimum Gasteiger partial charge on any atom is -0.455 e. The van der Waals surface area contributed by atoms with E-state index in [1.54, 1.807) is 12.1 Å². The first-order valence-corrected chi connectivity index (χ1v) is 12.8. The smallest absolute Gasteiger partial charge is 0.309 e. The summed E-state index contributed by atoms with van der Waals surface area (Å²) in [5.41, 5.74) is 1.09. The van der Waals surface area contributed by atoms with Gasteiger partial charge in [0.25, 0.3) is 5.91 Å². The van der Waals surface area contributed by atoms with Gasteiger partial charge in [-0.1, -0.05) is 45.2 Å². The molecule has 8 heteroatoms. The van der Waals surface area contributed by atoms with Crippen LogP contribution in [0.2, 0.25) is 0 Å². The predicted octanol–water partition coefficient (Wildman–Crippen LogP) is 3.20. The zero-order valence-electron chi connectivity index (χ0n) is 18.5. The van der Waals surface area contributed by atoms with Crippen LogP contribution in [0.1, 0.15) is 70.3 Å². The Morgan fingerprint density at radius 3 is 2.23 bits per heavy atom. The standard InChI is InChI=1S/C23H34N2O5S/c1-17(2)18-8-10-21(11-9-18)31(28,29)25-14-12-19(13-15-25)23(27)30-16-22(26)24-20-6-4-3-5-7-20/h8-11,17,19-20H,3-7,12-16H2,1-2H3,(H,24,26). The molecule has 31 heavy (non-hydrogen) atoms. The van der Waals surface area contributed by atoms with Crippen LogP contribution in [0.4, 0.5) is 0 Å². The number of rotatable bonds is 7. The van der Waals surface area contributed by atoms with Crippen molar-refractivity contribution in [2.75, 3.05) is 19.7 Å². The Morgan fingerprint density at radius 2 is 1.65 bits per heavy atom. The molecule has 0 radical (unpaired) electrons. The molecule has 2 fully saturated rings. The van der Waals surface area contributed by atoms with E-state index < -0.39 is 16.0 Å². The Hall–Kier alpha value is -1.93. The van der Waals surface area contributed by atoms with E-state index in [-0.39, 0.29) is 42.5 Å². The van der Waals surface area contributed by atoms with Crippen molar-refractivity contribution in [1.29, 1.82) is 0 Å². The van der Waals surface area contributed by atoms with Crippen molar-refractivity contribution in [3.05, 3.63) is 29.8 Å². The van der Waals surface area contributed by atoms with Crippen LogP contribution in [0.25, 0.3) is 0 Å². The van der Waals surface area contributed by atoms with Gasteiger partial charge in [-0.2, -0.15) is 4.31 Å². The highest BCUT2D eigenvalue weighted by molar-refractivity contribution is 7.89. The second kappa shape index (κ2) is 10.6. The lowest BCUT2D eigenvalue weighted by Crippen LogP contribution is -2.42. The Kier molecular flexibility index (Phi) is 8.11. The summed E-state index contributed by atoms with van der Waals surface area (Å²) < 4.78 is 32.4. The quantitative estimate of drug-likeness (QED) is 0.644. The molecule has 1 saturated carbocycles. The van der Waals surface area contributed by atoms with Gasteiger partial charge in [0.15, 0.2) is 6.61 Å². The van der Waals surface area contributed by atoms with Gasteiger partial charge < -0.3 is 10.1 Å². The number of benzene rings is 1. The van der Waals surface area contributed by atoms with Crippen LogP contribution in [-0.4, -0.2) is 50.3 Å². The van der Waals surface area contributed by atoms with Crippen molar-refractivity contribution in [3.63, 3.8) is 0 Å². The van der Waals surface area contributed by atoms with E-state index in [1.165, 1.54) is 10.7 Å². The zero-order valence-corrected chi connectivity index (χ0v) is 19.3. The topological polar surface area (TPSA) is 92.8 Å². The van der Waals surface area contributed by atoms with E-state index in [2.05, 4.69) is 19.2 Å². The van der Waals surface area contributed by atoms with Gasteiger partial charge in [-0.25, -0.2) is 8.42 Å². The number of nitrogens with zero attached hydrogens (tertiary/aromatic N) is 1. The number of sulfonamides is 1. The summed E-state index contributed by atoms with van der Waals surface area (Å²) in [6.07, 6.45) is 6.19. The Labute approximate surface area is 185 Å². The van der Waals surface area contributed by atoms with Gasteiger partial charge in [-0.3, -0.25) is 9.59 Å². The maximum Gasteiger partial charge on any atom is 0.309 e. The van der Waals surface area contributed by atoms with E-state index in [1.807, 2.05) is 12.1 Å². The molecule has 0 spiro atoms. The first-order valence-electron chi connectivity index (χ1n) is 11.3. The number of carbonyl (C=O) groups excluding carboxylic acids is 2. The zero-order chi connectivity index (χ0) is 22.4. The lowest BCUT2D eigenvalue weighted by molar-refractivity contribution is -0.153. The van der Waals surface area contributed by atoms with Crippen molar-refractivity contribution >= 4 is 21.9 Å². The van der Waals surface area contributed by atoms with Crippen LogP contribution in [0.15, 0.2) is 29.2 Å². The fraction of sp³-hybridized carbons (Fsp3) is 0.652. The van der Waals surface area contributed by atoms with Gasteiger partial charge >= 0.3 is 5.97 Å². The predicted molar refractivity (Wildman–Crippen MR) is 118 cm³/mol. The Bertz CT molecular complexity index is 852. The summed E-state index contributed by atoms with van der Waals surface area (Å²) in [4.78, 5) is 24.7. The van der Waals surface area contributed by atoms with Crippen molar-refractivity contribution in [2.45, 2.75) is 75.6 Å². The second-order valence-corrected chi connectivity index (χ2v) is 10.9. The average molecular weight is 451 g/mol. The normalized spacial score (nSPS) is 19.3. The molecule has 1 heterocycles. The number of ether oxygens (including phenoxy) is 1. The maximum atomic E-state index is 12.9. The van der Waals surface area contributed by atoms with Gasteiger partial charge in [0.05, 0.1) is 10.8 Å². The summed E-state index contributed by atoms with van der Waals surface area (Å²) in [6.45, 7) is 4.39. The van der Waals surface area contributed by atoms with E-state index >= 15 is 0 Å². The largest absolute Gasteiger partial charge is 0.455 e. The molecule has 1 aromatic carbocycles. The number of piperidine rings is 1. The lowest BCUT2D eigenvalue weighted by Gasteiger charge is -2.30. The molecule has 0 atom stereocenters. The van der Waals surface area contributed by atoms with Crippen molar-refractivity contribution < 1.29 is 22.7 Å². The number of carbonyl (C=O) groups is 2. The minimum atomic E-state index is -3.58. The monoisotopic (exact) mass is 450 g/mol. The molecule has 0 unspecified atom stereocenters. The number of amides is 1. The second-order valence-electron chi connectivity index (χ2n) is 8.91. The molecule has 2 aliphatic rings. The van der Waals surface area contributed by atoms with Crippen LogP contribution < -0.4 is 5.32 Å². The van der Waals surface area contributed by atoms with Gasteiger partial charge in [0, 0.05) is 19.1 Å². The number of hydrogen-bond acceptors (Lipinski definition) is 5. The third-order valence-corrected chi connectivity index (χ3v) is 8.20. The number of hydrogen-bond donors (Lipinski definition) is 1. The van der Waals surface area contributed by atoms with Crippen LogP contribution in [0.5, 0.6) is 0 Å². The number of nitrogens with one attached hydrogen (secondary N) is 1. The minimum absolute atomic E-state index is 0.183. The Morgan fingerprint density at radius 1 is 1.03 bits per heavy atom. The fourth-order valence-electron chi connectivity index (χ4n) is 4.28. The summed E-state index contributed by atoms with van der Waals surface area (Å²) in [7, 11) is -3.58. The van der Waals surface area contributed by atoms with E-state index in [0.29, 0.717) is 18.8 Å². The molecule has 0 bridgehead atoms. The molecule has 1 saturated heterocycles. The average Bonchev–Trinajstić information content (AvgIpc) is 2.78. The highest BCUT2D eigenvalue weighted by Crippen LogP contribution is 2.26. The third-order valence-electron chi connectivity index (χ3n) is 6.29. The van der Waals surface area contributed by atoms with E-state index in [9.17, 15) is 18.0 Å². The van der Waals surface area contributed by atoms with E-state index in [0.717, 1.165) is 31.2 Å². The highest BCUT2D eigenvalue weighted by atomic mass is 32.2. The first-order chi connectivity index (χ1) is 14.8. The Balaban J connectivity index is 1.45. The lowest BCUT2D eigenvalue weighted by atomic mass is 9.95. The molecule has 1 N–H and O–H groups in total. The fourth-order valence-corrected chi connectivity index (χ4v) is 5.75. The molecule has 1 aliphatic carbocycles. The van der Waals surface area contributed by atoms with Crippen LogP contribution in [0, 0.1) is 5.92 Å². The third kappa shape index (κ3) is 6.29. The molecule has 172 valence electrons. The van der Waals surface area contributed by atoms with Gasteiger partial charge in [-0.05, 0) is 49.3 Å². The molecule has 3 rings (SSSR count). The molecular formula is C23H34N2O5S. The van der Waals surface area contributed by atoms with Gasteiger partial charge in [0.2, 0.25) is 10.0 Å². The molecule has 7 nitrogen and oxygen atoms in total. The molecule has 0 aromatic heterocycles. The summed E-state index contributed by atoms with van der Waals surface area (Å²) in [5.74, 6) is -0.720. The molecule has 1 amide bonds. The van der Waals surface area contributed by atoms with Crippen molar-refractivity contribution in [1.82, 2.24) is 9.62 Å². The summed E-state index contributed by atoms with van der Waals surface area (Å²) in [6, 6.07) is 7.18. The van der Waals surface area contributed by atoms with Crippen molar-refractivity contribution in [2.24, 2.45) is 5.92 Å². The van der Waals surface area contributed by atoms with Gasteiger partial charge in [-0.15, -0.1) is 0 Å². The van der Waals surface area contributed by atoms with E-state index in [4.69, 9.17) is 4.74 Å². The SMILES string of the molecule is CC(C)c1ccc(S(=O)(=O)N2CCC(C(=O)OCC(=O)NC3CCCCC3)CC2)cc1. The maximum absolute atomic E-state index is 12.9. The van der Waals surface area contributed by atoms with Gasteiger partial charge in [0.1, 0.15) is 0 Å². The van der Waals surface area contributed by atoms with Crippen LogP contribution in [-0.2, 0) is 24.3 Å². The molecule has 1 aromatic rings.